The van der Waals surface area contributed by atoms with Gasteiger partial charge in [-0.2, -0.15) is 5.10 Å². The first-order chi connectivity index (χ1) is 16.7. The lowest BCUT2D eigenvalue weighted by Crippen LogP contribution is -2.32. The zero-order chi connectivity index (χ0) is 25.4. The van der Waals surface area contributed by atoms with Gasteiger partial charge in [-0.1, -0.05) is 42.0 Å². The van der Waals surface area contributed by atoms with Crippen molar-refractivity contribution in [1.29, 1.82) is 0 Å². The van der Waals surface area contributed by atoms with Gasteiger partial charge in [-0.05, 0) is 74.2 Å². The van der Waals surface area contributed by atoms with E-state index in [9.17, 15) is 14.4 Å². The number of anilines is 2. The predicted molar refractivity (Wildman–Crippen MR) is 137 cm³/mol. The lowest BCUT2D eigenvalue weighted by Gasteiger charge is -2.10. The molecule has 3 rings (SSSR count). The maximum Gasteiger partial charge on any atom is 0.329 e. The number of carbonyl (C=O) groups excluding carboxylic acids is 3. The molecule has 0 aliphatic carbocycles. The summed E-state index contributed by atoms with van der Waals surface area (Å²) in [6.45, 7) is 7.54. The Morgan fingerprint density at radius 1 is 0.829 bits per heavy atom. The van der Waals surface area contributed by atoms with Gasteiger partial charge in [-0.15, -0.1) is 0 Å². The fraction of sp³-hybridized carbons (Fsp3) is 0.185. The molecule has 0 bridgehead atoms. The Bertz CT molecular complexity index is 1280. The van der Waals surface area contributed by atoms with Gasteiger partial charge in [0.05, 0.1) is 6.21 Å². The number of nitrogens with one attached hydrogen (secondary N) is 3. The number of hydrogen-bond donors (Lipinski definition) is 3. The van der Waals surface area contributed by atoms with Gasteiger partial charge in [0.15, 0.2) is 6.61 Å². The van der Waals surface area contributed by atoms with Gasteiger partial charge >= 0.3 is 11.8 Å². The van der Waals surface area contributed by atoms with Gasteiger partial charge in [0.1, 0.15) is 5.75 Å². The van der Waals surface area contributed by atoms with Crippen molar-refractivity contribution in [2.24, 2.45) is 5.10 Å². The van der Waals surface area contributed by atoms with E-state index in [4.69, 9.17) is 4.74 Å². The molecule has 35 heavy (non-hydrogen) atoms. The first-order valence-corrected chi connectivity index (χ1v) is 11.0. The molecule has 0 spiro atoms. The molecule has 0 saturated heterocycles. The van der Waals surface area contributed by atoms with Crippen molar-refractivity contribution in [1.82, 2.24) is 5.43 Å². The number of nitrogens with zero attached hydrogens (tertiary/aromatic N) is 1. The smallest absolute Gasteiger partial charge is 0.329 e. The van der Waals surface area contributed by atoms with E-state index in [0.29, 0.717) is 17.0 Å². The summed E-state index contributed by atoms with van der Waals surface area (Å²) in [7, 11) is 0. The molecule has 180 valence electrons. The minimum absolute atomic E-state index is 0.163. The van der Waals surface area contributed by atoms with Crippen LogP contribution in [0.1, 0.15) is 27.8 Å². The van der Waals surface area contributed by atoms with Gasteiger partial charge in [0.25, 0.3) is 5.91 Å². The second-order valence-electron chi connectivity index (χ2n) is 8.13. The first-order valence-electron chi connectivity index (χ1n) is 11.0. The molecule has 0 fully saturated rings. The molecule has 0 saturated carbocycles. The van der Waals surface area contributed by atoms with Gasteiger partial charge in [0.2, 0.25) is 0 Å². The SMILES string of the molecule is Cc1ccc(NC(=O)COc2cccc(/C=N\NC(=O)C(=O)Nc3cccc(C)c3C)c2)c(C)c1. The van der Waals surface area contributed by atoms with Crippen LogP contribution in [0.25, 0.3) is 0 Å². The molecule has 3 N–H and O–H groups in total. The number of aryl methyl sites for hydroxylation is 3. The highest BCUT2D eigenvalue weighted by Gasteiger charge is 2.14. The average molecular weight is 473 g/mol. The summed E-state index contributed by atoms with van der Waals surface area (Å²) < 4.78 is 5.57. The summed E-state index contributed by atoms with van der Waals surface area (Å²) >= 11 is 0. The fourth-order valence-corrected chi connectivity index (χ4v) is 3.26. The van der Waals surface area contributed by atoms with Crippen molar-refractivity contribution in [2.45, 2.75) is 27.7 Å². The quantitative estimate of drug-likeness (QED) is 0.274. The molecular weight excluding hydrogens is 444 g/mol. The van der Waals surface area contributed by atoms with Crippen molar-refractivity contribution in [3.8, 4) is 5.75 Å². The molecule has 0 aromatic heterocycles. The van der Waals surface area contributed by atoms with E-state index in [1.54, 1.807) is 36.4 Å². The predicted octanol–water partition coefficient (Wildman–Crippen LogP) is 4.03. The maximum atomic E-state index is 12.2. The highest BCUT2D eigenvalue weighted by atomic mass is 16.5. The van der Waals surface area contributed by atoms with Crippen LogP contribution in [-0.2, 0) is 14.4 Å². The third-order valence-corrected chi connectivity index (χ3v) is 5.32. The van der Waals surface area contributed by atoms with Crippen LogP contribution < -0.4 is 20.8 Å². The van der Waals surface area contributed by atoms with Crippen LogP contribution in [0.15, 0.2) is 65.8 Å². The summed E-state index contributed by atoms with van der Waals surface area (Å²) in [4.78, 5) is 36.4. The number of carbonyl (C=O) groups is 3. The molecule has 3 amide bonds. The van der Waals surface area contributed by atoms with E-state index in [0.717, 1.165) is 27.9 Å². The van der Waals surface area contributed by atoms with Crippen LogP contribution >= 0.6 is 0 Å². The zero-order valence-corrected chi connectivity index (χ0v) is 20.1. The normalized spacial score (nSPS) is 10.6. The van der Waals surface area contributed by atoms with Crippen LogP contribution in [0.5, 0.6) is 5.75 Å². The monoisotopic (exact) mass is 472 g/mol. The standard InChI is InChI=1S/C27H28N4O4/c1-17-11-12-23(19(3)13-17)29-25(32)16-35-22-9-6-8-21(14-22)15-28-31-27(34)26(33)30-24-10-5-7-18(2)20(24)4/h5-15H,16H2,1-4H3,(H,29,32)(H,30,33)(H,31,34)/b28-15-. The maximum absolute atomic E-state index is 12.2. The summed E-state index contributed by atoms with van der Waals surface area (Å²) in [6.07, 6.45) is 1.38. The number of benzene rings is 3. The Morgan fingerprint density at radius 3 is 2.37 bits per heavy atom. The number of hydrogen-bond acceptors (Lipinski definition) is 5. The summed E-state index contributed by atoms with van der Waals surface area (Å²) in [5.41, 5.74) is 8.12. The molecule has 3 aromatic rings. The van der Waals surface area contributed by atoms with E-state index in [-0.39, 0.29) is 12.5 Å². The van der Waals surface area contributed by atoms with E-state index < -0.39 is 11.8 Å². The number of rotatable bonds is 7. The molecule has 3 aromatic carbocycles. The Balaban J connectivity index is 1.50. The Labute approximate surface area is 204 Å². The molecule has 0 aliphatic rings. The Hall–Kier alpha value is -4.46. The summed E-state index contributed by atoms with van der Waals surface area (Å²) in [5.74, 6) is -1.53. The van der Waals surface area contributed by atoms with E-state index in [1.165, 1.54) is 6.21 Å². The average Bonchev–Trinajstić information content (AvgIpc) is 2.82. The van der Waals surface area contributed by atoms with Crippen molar-refractivity contribution in [2.75, 3.05) is 17.2 Å². The molecule has 0 aliphatic heterocycles. The second kappa shape index (κ2) is 11.6. The summed E-state index contributed by atoms with van der Waals surface area (Å²) in [6, 6.07) is 18.1. The summed E-state index contributed by atoms with van der Waals surface area (Å²) in [5, 5.41) is 9.24. The molecule has 0 unspecified atom stereocenters. The highest BCUT2D eigenvalue weighted by molar-refractivity contribution is 6.39. The largest absolute Gasteiger partial charge is 0.484 e. The molecular formula is C27H28N4O4. The second-order valence-corrected chi connectivity index (χ2v) is 8.13. The first kappa shape index (κ1) is 25.2. The number of hydrazone groups is 1. The van der Waals surface area contributed by atoms with Crippen molar-refractivity contribution in [3.05, 3.63) is 88.5 Å². The molecule has 8 heteroatoms. The van der Waals surface area contributed by atoms with E-state index >= 15 is 0 Å². The Kier molecular flexibility index (Phi) is 8.34. The van der Waals surface area contributed by atoms with Crippen LogP contribution in [0.4, 0.5) is 11.4 Å². The third-order valence-electron chi connectivity index (χ3n) is 5.32. The van der Waals surface area contributed by atoms with Crippen molar-refractivity contribution >= 4 is 35.3 Å². The fourth-order valence-electron chi connectivity index (χ4n) is 3.26. The zero-order valence-electron chi connectivity index (χ0n) is 20.1. The highest BCUT2D eigenvalue weighted by Crippen LogP contribution is 2.18. The number of amides is 3. The third kappa shape index (κ3) is 7.26. The molecule has 0 heterocycles. The lowest BCUT2D eigenvalue weighted by atomic mass is 10.1. The Morgan fingerprint density at radius 2 is 1.60 bits per heavy atom. The van der Waals surface area contributed by atoms with Gasteiger partial charge < -0.3 is 15.4 Å². The molecule has 0 atom stereocenters. The van der Waals surface area contributed by atoms with E-state index in [2.05, 4.69) is 21.2 Å². The minimum atomic E-state index is -0.891. The molecule has 8 nitrogen and oxygen atoms in total. The molecule has 0 radical (unpaired) electrons. The topological polar surface area (TPSA) is 109 Å². The van der Waals surface area contributed by atoms with Gasteiger partial charge in [-0.3, -0.25) is 14.4 Å². The van der Waals surface area contributed by atoms with Crippen LogP contribution in [0.2, 0.25) is 0 Å². The van der Waals surface area contributed by atoms with Gasteiger partial charge in [-0.25, -0.2) is 5.43 Å². The van der Waals surface area contributed by atoms with Crippen molar-refractivity contribution in [3.63, 3.8) is 0 Å². The lowest BCUT2D eigenvalue weighted by molar-refractivity contribution is -0.136. The van der Waals surface area contributed by atoms with Crippen LogP contribution in [0, 0.1) is 27.7 Å². The van der Waals surface area contributed by atoms with Crippen LogP contribution in [-0.4, -0.2) is 30.5 Å². The van der Waals surface area contributed by atoms with E-state index in [1.807, 2.05) is 52.0 Å². The minimum Gasteiger partial charge on any atom is -0.484 e. The number of ether oxygens (including phenoxy) is 1. The van der Waals surface area contributed by atoms with Crippen molar-refractivity contribution < 1.29 is 19.1 Å². The van der Waals surface area contributed by atoms with Gasteiger partial charge in [0, 0.05) is 11.4 Å². The van der Waals surface area contributed by atoms with Crippen LogP contribution in [0.3, 0.4) is 0 Å².